The second kappa shape index (κ2) is 15.2. The maximum absolute atomic E-state index is 14.3. The number of aromatic nitrogens is 1. The number of esters is 1. The van der Waals surface area contributed by atoms with Crippen LogP contribution in [0.2, 0.25) is 0 Å². The van der Waals surface area contributed by atoms with Crippen molar-refractivity contribution in [3.05, 3.63) is 54.3 Å². The number of pyridine rings is 1. The van der Waals surface area contributed by atoms with Crippen molar-refractivity contribution in [2.24, 2.45) is 5.92 Å². The Morgan fingerprint density at radius 3 is 2.46 bits per heavy atom. The lowest BCUT2D eigenvalue weighted by Gasteiger charge is -2.29. The Balaban J connectivity index is 1.47. The molecule has 2 aromatic rings. The van der Waals surface area contributed by atoms with Crippen LogP contribution in [0.3, 0.4) is 0 Å². The standard InChI is InChI=1S/C36H43BrN4O9/c1-7-21-16-36(21,34(45)48-6)40-32(43)26-14-23(18-41(26)33(44)30(19(2)3)39-35(46)50-22-10-8-9-11-22)49-29-15-25(27(42)17-37)38-31-20(4)28(47-5)13-12-24(29)31/h7,12-13,15,21-23,26,30H,1-2,8-11,14,16-18H2,3-6H3,(H,39,46)(H,40,43)/t21-,23-,26+,30+,36-/m1/s1. The zero-order chi connectivity index (χ0) is 36.3. The fourth-order valence-corrected chi connectivity index (χ4v) is 7.11. The molecular formula is C36H43BrN4O9. The Morgan fingerprint density at radius 1 is 1.14 bits per heavy atom. The Morgan fingerprint density at radius 2 is 1.86 bits per heavy atom. The van der Waals surface area contributed by atoms with Gasteiger partial charge in [0.1, 0.15) is 47.0 Å². The number of hydrogen-bond acceptors (Lipinski definition) is 10. The SMILES string of the molecule is C=C[C@@H]1C[C@]1(NC(=O)[C@@H]1C[C@@H](Oc2cc(C(=O)CBr)nc3c(C)c(OC)ccc23)CN1C(=O)[C@@H](NC(=O)OC1CCCC1)C(=C)C)C(=O)OC. The number of carbonyl (C=O) groups excluding carboxylic acids is 5. The molecule has 5 atom stereocenters. The highest BCUT2D eigenvalue weighted by molar-refractivity contribution is 9.09. The van der Waals surface area contributed by atoms with Gasteiger partial charge in [0.25, 0.3) is 0 Å². The summed E-state index contributed by atoms with van der Waals surface area (Å²) in [5, 5.41) is 6.11. The molecule has 2 aliphatic carbocycles. The van der Waals surface area contributed by atoms with Crippen LogP contribution >= 0.6 is 15.9 Å². The number of benzene rings is 1. The zero-order valence-corrected chi connectivity index (χ0v) is 30.3. The van der Waals surface area contributed by atoms with E-state index in [0.717, 1.165) is 25.7 Å². The van der Waals surface area contributed by atoms with Crippen LogP contribution in [0.15, 0.2) is 43.0 Å². The first-order valence-corrected chi connectivity index (χ1v) is 17.7. The van der Waals surface area contributed by atoms with E-state index in [4.69, 9.17) is 18.9 Å². The second-order valence-electron chi connectivity index (χ2n) is 13.1. The summed E-state index contributed by atoms with van der Waals surface area (Å²) >= 11 is 3.21. The van der Waals surface area contributed by atoms with Gasteiger partial charge in [-0.25, -0.2) is 14.6 Å². The third kappa shape index (κ3) is 7.35. The first-order chi connectivity index (χ1) is 23.9. The van der Waals surface area contributed by atoms with E-state index in [0.29, 0.717) is 40.0 Å². The van der Waals surface area contributed by atoms with Crippen LogP contribution in [0.4, 0.5) is 4.79 Å². The minimum absolute atomic E-state index is 0.0314. The van der Waals surface area contributed by atoms with Gasteiger partial charge >= 0.3 is 12.1 Å². The summed E-state index contributed by atoms with van der Waals surface area (Å²) in [5.74, 6) is -1.51. The van der Waals surface area contributed by atoms with E-state index >= 15 is 0 Å². The molecule has 268 valence electrons. The molecule has 1 aromatic carbocycles. The smallest absolute Gasteiger partial charge is 0.408 e. The van der Waals surface area contributed by atoms with E-state index in [-0.39, 0.29) is 41.8 Å². The molecule has 3 aliphatic rings. The Labute approximate surface area is 299 Å². The quantitative estimate of drug-likeness (QED) is 0.130. The Bertz CT molecular complexity index is 1720. The number of ether oxygens (including phenoxy) is 4. The number of halogens is 1. The molecule has 14 heteroatoms. The van der Waals surface area contributed by atoms with E-state index in [1.165, 1.54) is 12.0 Å². The number of Topliss-reactive ketones (excluding diaryl/α,β-unsaturated/α-hetero) is 1. The number of fused-ring (bicyclic) bond motifs is 1. The van der Waals surface area contributed by atoms with Crippen molar-refractivity contribution in [1.29, 1.82) is 0 Å². The largest absolute Gasteiger partial charge is 0.496 e. The second-order valence-corrected chi connectivity index (χ2v) is 13.6. The van der Waals surface area contributed by atoms with E-state index in [1.54, 1.807) is 38.3 Å². The molecule has 2 heterocycles. The number of nitrogens with zero attached hydrogens (tertiary/aromatic N) is 2. The van der Waals surface area contributed by atoms with Gasteiger partial charge in [0.15, 0.2) is 5.78 Å². The van der Waals surface area contributed by atoms with Crippen molar-refractivity contribution < 1.29 is 42.9 Å². The van der Waals surface area contributed by atoms with Crippen LogP contribution in [-0.2, 0) is 23.9 Å². The van der Waals surface area contributed by atoms with Gasteiger partial charge in [-0.05, 0) is 63.7 Å². The molecular weight excluding hydrogens is 712 g/mol. The summed E-state index contributed by atoms with van der Waals surface area (Å²) in [6, 6.07) is 2.78. The van der Waals surface area contributed by atoms with Gasteiger partial charge in [-0.15, -0.1) is 6.58 Å². The lowest BCUT2D eigenvalue weighted by atomic mass is 10.1. The van der Waals surface area contributed by atoms with Gasteiger partial charge in [-0.3, -0.25) is 14.4 Å². The van der Waals surface area contributed by atoms with Crippen molar-refractivity contribution in [3.63, 3.8) is 0 Å². The summed E-state index contributed by atoms with van der Waals surface area (Å²) in [6.07, 6.45) is 3.60. The molecule has 0 unspecified atom stereocenters. The van der Waals surface area contributed by atoms with Crippen LogP contribution < -0.4 is 20.1 Å². The number of alkyl carbamates (subject to hydrolysis) is 1. The number of rotatable bonds is 13. The average Bonchev–Trinajstić information content (AvgIpc) is 3.36. The molecule has 1 saturated heterocycles. The number of ketones is 1. The fourth-order valence-electron chi connectivity index (χ4n) is 6.82. The molecule has 5 rings (SSSR count). The summed E-state index contributed by atoms with van der Waals surface area (Å²) in [7, 11) is 2.78. The minimum Gasteiger partial charge on any atom is -0.496 e. The van der Waals surface area contributed by atoms with Crippen molar-refractivity contribution >= 4 is 56.5 Å². The predicted octanol–water partition coefficient (Wildman–Crippen LogP) is 4.33. The highest BCUT2D eigenvalue weighted by Crippen LogP contribution is 2.45. The summed E-state index contributed by atoms with van der Waals surface area (Å²) in [5.41, 5.74) is 0.403. The van der Waals surface area contributed by atoms with Gasteiger partial charge in [-0.2, -0.15) is 0 Å². The Kier molecular flexibility index (Phi) is 11.2. The fraction of sp³-hybridized carbons (Fsp3) is 0.500. The zero-order valence-electron chi connectivity index (χ0n) is 28.7. The molecule has 2 saturated carbocycles. The average molecular weight is 756 g/mol. The number of likely N-dealkylation sites (tertiary alicyclic amines) is 1. The van der Waals surface area contributed by atoms with Crippen LogP contribution in [0.25, 0.3) is 10.9 Å². The molecule has 1 aliphatic heterocycles. The van der Waals surface area contributed by atoms with Crippen molar-refractivity contribution in [3.8, 4) is 11.5 Å². The normalized spacial score (nSPS) is 23.5. The molecule has 0 bridgehead atoms. The number of alkyl halides is 1. The highest BCUT2D eigenvalue weighted by atomic mass is 79.9. The number of carbonyl (C=O) groups is 5. The lowest BCUT2D eigenvalue weighted by Crippen LogP contribution is -2.56. The number of amides is 3. The van der Waals surface area contributed by atoms with Gasteiger partial charge in [-0.1, -0.05) is 28.6 Å². The van der Waals surface area contributed by atoms with Crippen molar-refractivity contribution in [2.75, 3.05) is 26.1 Å². The maximum Gasteiger partial charge on any atom is 0.408 e. The summed E-state index contributed by atoms with van der Waals surface area (Å²) in [4.78, 5) is 72.7. The molecule has 2 N–H and O–H groups in total. The summed E-state index contributed by atoms with van der Waals surface area (Å²) in [6.45, 7) is 11.1. The molecule has 1 aromatic heterocycles. The number of aryl methyl sites for hydroxylation is 1. The van der Waals surface area contributed by atoms with Crippen LogP contribution in [0.5, 0.6) is 11.5 Å². The monoisotopic (exact) mass is 754 g/mol. The first-order valence-electron chi connectivity index (χ1n) is 16.6. The number of nitrogens with one attached hydrogen (secondary N) is 2. The van der Waals surface area contributed by atoms with Crippen molar-refractivity contribution in [2.45, 2.75) is 82.2 Å². The molecule has 50 heavy (non-hydrogen) atoms. The van der Waals surface area contributed by atoms with Crippen LogP contribution in [0, 0.1) is 12.8 Å². The molecule has 3 fully saturated rings. The maximum atomic E-state index is 14.3. The van der Waals surface area contributed by atoms with Gasteiger partial charge in [0.05, 0.1) is 31.6 Å². The van der Waals surface area contributed by atoms with Crippen LogP contribution in [0.1, 0.15) is 61.5 Å². The van der Waals surface area contributed by atoms with E-state index in [1.807, 2.05) is 6.92 Å². The summed E-state index contributed by atoms with van der Waals surface area (Å²) < 4.78 is 22.5. The third-order valence-electron chi connectivity index (χ3n) is 9.69. The molecule has 13 nitrogen and oxygen atoms in total. The molecule has 0 radical (unpaired) electrons. The molecule has 3 amide bonds. The van der Waals surface area contributed by atoms with Gasteiger partial charge < -0.3 is 34.5 Å². The van der Waals surface area contributed by atoms with Gasteiger partial charge in [0, 0.05) is 29.4 Å². The number of hydrogen-bond donors (Lipinski definition) is 2. The molecule has 0 spiro atoms. The van der Waals surface area contributed by atoms with Gasteiger partial charge in [0.2, 0.25) is 11.8 Å². The number of methoxy groups -OCH3 is 2. The first kappa shape index (κ1) is 36.8. The van der Waals surface area contributed by atoms with Crippen molar-refractivity contribution in [1.82, 2.24) is 20.5 Å². The Hall–Kier alpha value is -4.46. The minimum atomic E-state index is -1.30. The predicted molar refractivity (Wildman–Crippen MR) is 187 cm³/mol. The third-order valence-corrected chi connectivity index (χ3v) is 10.2. The van der Waals surface area contributed by atoms with E-state index in [9.17, 15) is 24.0 Å². The highest BCUT2D eigenvalue weighted by Gasteiger charge is 2.62. The lowest BCUT2D eigenvalue weighted by molar-refractivity contribution is -0.148. The van der Waals surface area contributed by atoms with E-state index < -0.39 is 47.6 Å². The topological polar surface area (TPSA) is 162 Å². The van der Waals surface area contributed by atoms with Crippen LogP contribution in [-0.4, -0.2) is 95.5 Å². The van der Waals surface area contributed by atoms with E-state index in [2.05, 4.69) is 44.7 Å².